The highest BCUT2D eigenvalue weighted by atomic mass is 16.6. The fourth-order valence-electron chi connectivity index (χ4n) is 8.63. The van der Waals surface area contributed by atoms with E-state index in [1.54, 1.807) is 0 Å². The van der Waals surface area contributed by atoms with Crippen LogP contribution in [0.1, 0.15) is 316 Å². The van der Waals surface area contributed by atoms with Crippen LogP contribution in [0.2, 0.25) is 0 Å². The summed E-state index contributed by atoms with van der Waals surface area (Å²) in [5.74, 6) is -0.863. The Labute approximate surface area is 416 Å². The molecule has 6 heteroatoms. The summed E-state index contributed by atoms with van der Waals surface area (Å²) in [7, 11) is 0. The number of ether oxygens (including phenoxy) is 3. The van der Waals surface area contributed by atoms with Gasteiger partial charge in [-0.2, -0.15) is 0 Å². The summed E-state index contributed by atoms with van der Waals surface area (Å²) < 4.78 is 16.9. The Morgan fingerprint density at radius 2 is 0.552 bits per heavy atom. The zero-order chi connectivity index (χ0) is 48.6. The predicted molar refractivity (Wildman–Crippen MR) is 289 cm³/mol. The van der Waals surface area contributed by atoms with Gasteiger partial charge in [0.2, 0.25) is 0 Å². The molecule has 67 heavy (non-hydrogen) atoms. The van der Waals surface area contributed by atoms with Crippen LogP contribution in [0.4, 0.5) is 0 Å². The summed E-state index contributed by atoms with van der Waals surface area (Å²) in [4.78, 5) is 38.1. The summed E-state index contributed by atoms with van der Waals surface area (Å²) in [6, 6.07) is 0. The maximum Gasteiger partial charge on any atom is 0.306 e. The van der Waals surface area contributed by atoms with E-state index in [-0.39, 0.29) is 31.1 Å². The molecule has 0 aromatic heterocycles. The van der Waals surface area contributed by atoms with Crippen LogP contribution in [-0.4, -0.2) is 37.2 Å². The number of carbonyl (C=O) groups excluding carboxylic acids is 3. The molecular weight excluding hydrogens is 829 g/mol. The summed E-state index contributed by atoms with van der Waals surface area (Å²) >= 11 is 0. The van der Waals surface area contributed by atoms with Crippen LogP contribution < -0.4 is 0 Å². The monoisotopic (exact) mass is 941 g/mol. The molecule has 0 amide bonds. The molecule has 0 radical (unpaired) electrons. The normalized spacial score (nSPS) is 12.2. The SMILES string of the molecule is CCCC/C=C\C/C=C\CCCCCCCCCC(=O)OCC(COC(=O)CCCCCCCCCCCCC/C=C\CCCCCCCC)OC(=O)CCCCCCCCCCCCCC. The first kappa shape index (κ1) is 64.6. The molecule has 0 saturated carbocycles. The number of unbranched alkanes of at least 4 members (excludes halogenated alkanes) is 37. The fraction of sp³-hybridized carbons (Fsp3) is 0.852. The van der Waals surface area contributed by atoms with Crippen molar-refractivity contribution in [3.8, 4) is 0 Å². The highest BCUT2D eigenvalue weighted by molar-refractivity contribution is 5.71. The molecule has 0 rings (SSSR count). The Hall–Kier alpha value is -2.37. The minimum atomic E-state index is -0.772. The maximum atomic E-state index is 12.8. The van der Waals surface area contributed by atoms with Gasteiger partial charge in [0, 0.05) is 19.3 Å². The molecule has 0 saturated heterocycles. The molecule has 0 aliphatic carbocycles. The van der Waals surface area contributed by atoms with Crippen molar-refractivity contribution in [1.29, 1.82) is 0 Å². The first-order valence-corrected chi connectivity index (χ1v) is 29.5. The van der Waals surface area contributed by atoms with Crippen molar-refractivity contribution >= 4 is 17.9 Å². The quantitative estimate of drug-likeness (QED) is 0.0262. The van der Waals surface area contributed by atoms with Crippen LogP contribution in [0, 0.1) is 0 Å². The van der Waals surface area contributed by atoms with Gasteiger partial charge in [-0.1, -0.05) is 263 Å². The lowest BCUT2D eigenvalue weighted by atomic mass is 10.0. The smallest absolute Gasteiger partial charge is 0.306 e. The molecular formula is C61H112O6. The van der Waals surface area contributed by atoms with Crippen molar-refractivity contribution in [2.45, 2.75) is 322 Å². The molecule has 0 N–H and O–H groups in total. The minimum Gasteiger partial charge on any atom is -0.462 e. The lowest BCUT2D eigenvalue weighted by Gasteiger charge is -2.18. The lowest BCUT2D eigenvalue weighted by Crippen LogP contribution is -2.30. The number of esters is 3. The standard InChI is InChI=1S/C61H112O6/c1-4-7-10-13-16-19-22-25-27-29-30-31-32-33-35-37-40-42-45-48-51-54-60(63)66-57-58(67-61(64)55-52-49-46-43-38-24-21-18-15-12-9-6-3)56-65-59(62)53-50-47-44-41-39-36-34-28-26-23-20-17-14-11-8-5-2/h14,17,23,25-27,58H,4-13,15-16,18-22,24,28-57H2,1-3H3/b17-14-,26-23-,27-25-. The second-order valence-corrected chi connectivity index (χ2v) is 19.9. The lowest BCUT2D eigenvalue weighted by molar-refractivity contribution is -0.167. The van der Waals surface area contributed by atoms with Gasteiger partial charge in [0.05, 0.1) is 0 Å². The third-order valence-corrected chi connectivity index (χ3v) is 13.1. The number of allylic oxidation sites excluding steroid dienone is 6. The fourth-order valence-corrected chi connectivity index (χ4v) is 8.63. The van der Waals surface area contributed by atoms with Crippen LogP contribution in [0.3, 0.4) is 0 Å². The summed E-state index contributed by atoms with van der Waals surface area (Å²) in [6.45, 7) is 6.63. The average molecular weight is 942 g/mol. The highest BCUT2D eigenvalue weighted by Gasteiger charge is 2.19. The first-order chi connectivity index (χ1) is 33.0. The Kier molecular flexibility index (Phi) is 54.2. The zero-order valence-electron chi connectivity index (χ0n) is 44.9. The number of carbonyl (C=O) groups is 3. The van der Waals surface area contributed by atoms with E-state index in [2.05, 4.69) is 57.2 Å². The molecule has 6 nitrogen and oxygen atoms in total. The van der Waals surface area contributed by atoms with E-state index in [1.165, 1.54) is 205 Å². The minimum absolute atomic E-state index is 0.0713. The molecule has 392 valence electrons. The Bertz CT molecular complexity index is 1130. The summed E-state index contributed by atoms with van der Waals surface area (Å²) in [5.41, 5.74) is 0. The van der Waals surface area contributed by atoms with E-state index in [4.69, 9.17) is 14.2 Å². The Morgan fingerprint density at radius 1 is 0.299 bits per heavy atom. The third-order valence-electron chi connectivity index (χ3n) is 13.1. The average Bonchev–Trinajstić information content (AvgIpc) is 3.33. The van der Waals surface area contributed by atoms with Crippen molar-refractivity contribution in [2.24, 2.45) is 0 Å². The molecule has 1 unspecified atom stereocenters. The Morgan fingerprint density at radius 3 is 0.881 bits per heavy atom. The van der Waals surface area contributed by atoms with Crippen LogP contribution >= 0.6 is 0 Å². The van der Waals surface area contributed by atoms with E-state index in [9.17, 15) is 14.4 Å². The topological polar surface area (TPSA) is 78.9 Å². The maximum absolute atomic E-state index is 12.8. The first-order valence-electron chi connectivity index (χ1n) is 29.5. The van der Waals surface area contributed by atoms with E-state index in [1.807, 2.05) is 0 Å². The van der Waals surface area contributed by atoms with Crippen molar-refractivity contribution in [3.05, 3.63) is 36.5 Å². The molecule has 0 spiro atoms. The van der Waals surface area contributed by atoms with E-state index in [0.717, 1.165) is 70.6 Å². The van der Waals surface area contributed by atoms with Gasteiger partial charge in [0.1, 0.15) is 13.2 Å². The third kappa shape index (κ3) is 54.4. The molecule has 0 aliphatic rings. The zero-order valence-corrected chi connectivity index (χ0v) is 44.9. The molecule has 0 heterocycles. The van der Waals surface area contributed by atoms with Crippen molar-refractivity contribution in [2.75, 3.05) is 13.2 Å². The number of rotatable bonds is 54. The van der Waals surface area contributed by atoms with Gasteiger partial charge >= 0.3 is 17.9 Å². The molecule has 0 aliphatic heterocycles. The summed E-state index contributed by atoms with van der Waals surface area (Å²) in [6.07, 6.45) is 67.1. The highest BCUT2D eigenvalue weighted by Crippen LogP contribution is 2.16. The molecule has 1 atom stereocenters. The van der Waals surface area contributed by atoms with Crippen LogP contribution in [0.25, 0.3) is 0 Å². The largest absolute Gasteiger partial charge is 0.462 e. The molecule has 0 fully saturated rings. The van der Waals surface area contributed by atoms with Gasteiger partial charge in [0.15, 0.2) is 6.10 Å². The van der Waals surface area contributed by atoms with Gasteiger partial charge in [-0.25, -0.2) is 0 Å². The van der Waals surface area contributed by atoms with E-state index < -0.39 is 6.10 Å². The number of hydrogen-bond donors (Lipinski definition) is 0. The number of hydrogen-bond acceptors (Lipinski definition) is 6. The second kappa shape index (κ2) is 56.2. The van der Waals surface area contributed by atoms with Gasteiger partial charge in [-0.3, -0.25) is 14.4 Å². The van der Waals surface area contributed by atoms with Crippen molar-refractivity contribution in [1.82, 2.24) is 0 Å². The van der Waals surface area contributed by atoms with E-state index in [0.29, 0.717) is 19.3 Å². The van der Waals surface area contributed by atoms with Crippen molar-refractivity contribution in [3.63, 3.8) is 0 Å². The van der Waals surface area contributed by atoms with Gasteiger partial charge in [-0.05, 0) is 70.6 Å². The molecule has 0 aromatic carbocycles. The Balaban J connectivity index is 4.28. The summed E-state index contributed by atoms with van der Waals surface area (Å²) in [5, 5.41) is 0. The van der Waals surface area contributed by atoms with E-state index >= 15 is 0 Å². The predicted octanol–water partition coefficient (Wildman–Crippen LogP) is 19.7. The van der Waals surface area contributed by atoms with Crippen LogP contribution in [0.5, 0.6) is 0 Å². The van der Waals surface area contributed by atoms with Gasteiger partial charge < -0.3 is 14.2 Å². The van der Waals surface area contributed by atoms with Gasteiger partial charge in [0.25, 0.3) is 0 Å². The molecule has 0 bridgehead atoms. The van der Waals surface area contributed by atoms with Crippen LogP contribution in [0.15, 0.2) is 36.5 Å². The van der Waals surface area contributed by atoms with Gasteiger partial charge in [-0.15, -0.1) is 0 Å². The van der Waals surface area contributed by atoms with Crippen molar-refractivity contribution < 1.29 is 28.6 Å². The second-order valence-electron chi connectivity index (χ2n) is 19.9. The van der Waals surface area contributed by atoms with Crippen LogP contribution in [-0.2, 0) is 28.6 Å². The molecule has 0 aromatic rings.